The highest BCUT2D eigenvalue weighted by atomic mass is 19.1. The predicted octanol–water partition coefficient (Wildman–Crippen LogP) is 0.742. The number of halogens is 1. The maximum Gasteiger partial charge on any atom is 0.232 e. The normalized spacial score (nSPS) is 26.1. The van der Waals surface area contributed by atoms with Gasteiger partial charge in [0.2, 0.25) is 5.91 Å². The molecule has 4 heteroatoms. The van der Waals surface area contributed by atoms with Crippen LogP contribution in [0.15, 0.2) is 24.3 Å². The minimum Gasteiger partial charge on any atom is -0.390 e. The number of aliphatic hydroxyl groups excluding tert-OH is 1. The lowest BCUT2D eigenvalue weighted by Gasteiger charge is -2.12. The van der Waals surface area contributed by atoms with Crippen molar-refractivity contribution in [3.8, 4) is 0 Å². The summed E-state index contributed by atoms with van der Waals surface area (Å²) in [4.78, 5) is 13.1. The monoisotopic (exact) mass is 209 g/mol. The SMILES string of the molecule is CN1CC(O)C(c2ccccc2F)C1=O. The Balaban J connectivity index is 2.39. The number of hydrogen-bond donors (Lipinski definition) is 1. The summed E-state index contributed by atoms with van der Waals surface area (Å²) in [6.45, 7) is 0.262. The Bertz CT molecular complexity index is 394. The first-order valence-electron chi connectivity index (χ1n) is 4.78. The van der Waals surface area contributed by atoms with Gasteiger partial charge in [0, 0.05) is 19.2 Å². The van der Waals surface area contributed by atoms with Crippen molar-refractivity contribution >= 4 is 5.91 Å². The molecule has 2 atom stereocenters. The van der Waals surface area contributed by atoms with Gasteiger partial charge in [0.1, 0.15) is 5.82 Å². The number of likely N-dealkylation sites (tertiary alicyclic amines) is 1. The molecule has 1 aliphatic heterocycles. The average molecular weight is 209 g/mol. The molecule has 1 amide bonds. The number of aliphatic hydroxyl groups is 1. The van der Waals surface area contributed by atoms with Gasteiger partial charge >= 0.3 is 0 Å². The first kappa shape index (κ1) is 10.1. The summed E-state index contributed by atoms with van der Waals surface area (Å²) in [6, 6.07) is 6.07. The molecule has 15 heavy (non-hydrogen) atoms. The Morgan fingerprint density at radius 2 is 2.13 bits per heavy atom. The number of likely N-dealkylation sites (N-methyl/N-ethyl adjacent to an activating group) is 1. The molecular formula is C11H12FNO2. The molecule has 1 fully saturated rings. The van der Waals surface area contributed by atoms with E-state index in [1.807, 2.05) is 0 Å². The molecule has 3 nitrogen and oxygen atoms in total. The Hall–Kier alpha value is -1.42. The van der Waals surface area contributed by atoms with Gasteiger partial charge in [-0.15, -0.1) is 0 Å². The molecule has 1 saturated heterocycles. The minimum absolute atomic E-state index is 0.229. The number of rotatable bonds is 1. The second-order valence-electron chi connectivity index (χ2n) is 3.79. The zero-order valence-electron chi connectivity index (χ0n) is 8.35. The molecule has 1 aromatic rings. The van der Waals surface area contributed by atoms with Crippen LogP contribution in [0.4, 0.5) is 4.39 Å². The highest BCUT2D eigenvalue weighted by Gasteiger charge is 2.39. The number of benzene rings is 1. The van der Waals surface area contributed by atoms with Crippen molar-refractivity contribution in [2.24, 2.45) is 0 Å². The maximum absolute atomic E-state index is 13.4. The largest absolute Gasteiger partial charge is 0.390 e. The van der Waals surface area contributed by atoms with E-state index in [-0.39, 0.29) is 18.0 Å². The third-order valence-electron chi connectivity index (χ3n) is 2.73. The van der Waals surface area contributed by atoms with Crippen LogP contribution < -0.4 is 0 Å². The van der Waals surface area contributed by atoms with Crippen LogP contribution in [0.3, 0.4) is 0 Å². The van der Waals surface area contributed by atoms with Crippen molar-refractivity contribution in [1.29, 1.82) is 0 Å². The van der Waals surface area contributed by atoms with Crippen LogP contribution >= 0.6 is 0 Å². The standard InChI is InChI=1S/C11H12FNO2/c1-13-6-9(14)10(11(13)15)7-4-2-3-5-8(7)12/h2-5,9-10,14H,6H2,1H3. The van der Waals surface area contributed by atoms with Gasteiger partial charge in [-0.3, -0.25) is 4.79 Å². The van der Waals surface area contributed by atoms with Crippen LogP contribution in [0.5, 0.6) is 0 Å². The fourth-order valence-electron chi connectivity index (χ4n) is 1.95. The lowest BCUT2D eigenvalue weighted by molar-refractivity contribution is -0.128. The second kappa shape index (κ2) is 3.62. The van der Waals surface area contributed by atoms with Crippen molar-refractivity contribution < 1.29 is 14.3 Å². The van der Waals surface area contributed by atoms with E-state index in [1.165, 1.54) is 11.0 Å². The summed E-state index contributed by atoms with van der Waals surface area (Å²) in [5.41, 5.74) is 0.277. The average Bonchev–Trinajstić information content (AvgIpc) is 2.43. The highest BCUT2D eigenvalue weighted by Crippen LogP contribution is 2.29. The molecular weight excluding hydrogens is 197 g/mol. The van der Waals surface area contributed by atoms with Crippen molar-refractivity contribution in [2.75, 3.05) is 13.6 Å². The molecule has 1 aliphatic rings. The van der Waals surface area contributed by atoms with Gasteiger partial charge in [-0.1, -0.05) is 18.2 Å². The summed E-state index contributed by atoms with van der Waals surface area (Å²) >= 11 is 0. The second-order valence-corrected chi connectivity index (χ2v) is 3.79. The predicted molar refractivity (Wildman–Crippen MR) is 52.8 cm³/mol. The summed E-state index contributed by atoms with van der Waals surface area (Å²) in [7, 11) is 1.60. The summed E-state index contributed by atoms with van der Waals surface area (Å²) < 4.78 is 13.4. The molecule has 0 aromatic heterocycles. The van der Waals surface area contributed by atoms with E-state index in [4.69, 9.17) is 0 Å². The number of nitrogens with zero attached hydrogens (tertiary/aromatic N) is 1. The lowest BCUT2D eigenvalue weighted by atomic mass is 9.95. The lowest BCUT2D eigenvalue weighted by Crippen LogP contribution is -2.22. The summed E-state index contributed by atoms with van der Waals surface area (Å²) in [5, 5.41) is 9.68. The third-order valence-corrected chi connectivity index (χ3v) is 2.73. The van der Waals surface area contributed by atoms with E-state index in [0.717, 1.165) is 0 Å². The van der Waals surface area contributed by atoms with Gasteiger partial charge < -0.3 is 10.0 Å². The van der Waals surface area contributed by atoms with Crippen LogP contribution in [-0.2, 0) is 4.79 Å². The fourth-order valence-corrected chi connectivity index (χ4v) is 1.95. The van der Waals surface area contributed by atoms with Crippen molar-refractivity contribution in [2.45, 2.75) is 12.0 Å². The zero-order chi connectivity index (χ0) is 11.0. The van der Waals surface area contributed by atoms with E-state index in [1.54, 1.807) is 25.2 Å². The van der Waals surface area contributed by atoms with Gasteiger partial charge in [-0.25, -0.2) is 4.39 Å². The number of β-amino-alcohol motifs (C(OH)–C–C–N with tert-alkyl or cyclic N) is 1. The Labute approximate surface area is 87.1 Å². The molecule has 0 aliphatic carbocycles. The topological polar surface area (TPSA) is 40.5 Å². The number of carbonyl (C=O) groups is 1. The third kappa shape index (κ3) is 1.61. The van der Waals surface area contributed by atoms with Crippen molar-refractivity contribution in [1.82, 2.24) is 4.90 Å². The molecule has 0 radical (unpaired) electrons. The van der Waals surface area contributed by atoms with E-state index in [9.17, 15) is 14.3 Å². The van der Waals surface area contributed by atoms with Crippen LogP contribution in [-0.4, -0.2) is 35.6 Å². The maximum atomic E-state index is 13.4. The van der Waals surface area contributed by atoms with Gasteiger partial charge in [0.05, 0.1) is 12.0 Å². The molecule has 0 spiro atoms. The van der Waals surface area contributed by atoms with E-state index >= 15 is 0 Å². The molecule has 2 unspecified atom stereocenters. The number of amides is 1. The summed E-state index contributed by atoms with van der Waals surface area (Å²) in [6.07, 6.45) is -0.820. The van der Waals surface area contributed by atoms with Crippen LogP contribution in [0.2, 0.25) is 0 Å². The Morgan fingerprint density at radius 1 is 1.47 bits per heavy atom. The molecule has 1 heterocycles. The first-order valence-corrected chi connectivity index (χ1v) is 4.78. The van der Waals surface area contributed by atoms with Crippen LogP contribution in [0.1, 0.15) is 11.5 Å². The zero-order valence-corrected chi connectivity index (χ0v) is 8.35. The van der Waals surface area contributed by atoms with E-state index in [0.29, 0.717) is 0 Å². The molecule has 0 bridgehead atoms. The Kier molecular flexibility index (Phi) is 2.44. The van der Waals surface area contributed by atoms with Gasteiger partial charge in [0.15, 0.2) is 0 Å². The van der Waals surface area contributed by atoms with E-state index < -0.39 is 17.8 Å². The summed E-state index contributed by atoms with van der Waals surface area (Å²) in [5.74, 6) is -1.42. The molecule has 1 N–H and O–H groups in total. The molecule has 2 rings (SSSR count). The number of carbonyl (C=O) groups excluding carboxylic acids is 1. The van der Waals surface area contributed by atoms with Crippen LogP contribution in [0.25, 0.3) is 0 Å². The van der Waals surface area contributed by atoms with Gasteiger partial charge in [-0.2, -0.15) is 0 Å². The Morgan fingerprint density at radius 3 is 2.67 bits per heavy atom. The van der Waals surface area contributed by atoms with Gasteiger partial charge in [-0.05, 0) is 6.07 Å². The highest BCUT2D eigenvalue weighted by molar-refractivity contribution is 5.86. The smallest absolute Gasteiger partial charge is 0.232 e. The molecule has 0 saturated carbocycles. The fraction of sp³-hybridized carbons (Fsp3) is 0.364. The molecule has 1 aromatic carbocycles. The van der Waals surface area contributed by atoms with E-state index in [2.05, 4.69) is 0 Å². The van der Waals surface area contributed by atoms with Crippen molar-refractivity contribution in [3.05, 3.63) is 35.6 Å². The number of hydrogen-bond acceptors (Lipinski definition) is 2. The quantitative estimate of drug-likeness (QED) is 0.741. The van der Waals surface area contributed by atoms with Crippen LogP contribution in [0, 0.1) is 5.82 Å². The van der Waals surface area contributed by atoms with Crippen molar-refractivity contribution in [3.63, 3.8) is 0 Å². The minimum atomic E-state index is -0.820. The molecule has 80 valence electrons. The first-order chi connectivity index (χ1) is 7.11. The van der Waals surface area contributed by atoms with Gasteiger partial charge in [0.25, 0.3) is 0 Å².